The van der Waals surface area contributed by atoms with Crippen molar-refractivity contribution < 1.29 is 9.53 Å². The predicted molar refractivity (Wildman–Crippen MR) is 99.5 cm³/mol. The summed E-state index contributed by atoms with van der Waals surface area (Å²) < 4.78 is 5.49. The number of aromatic amines is 1. The molecule has 2 aromatic heterocycles. The molecular weight excluding hydrogens is 336 g/mol. The van der Waals surface area contributed by atoms with E-state index in [9.17, 15) is 9.59 Å². The second kappa shape index (κ2) is 6.44. The second-order valence-electron chi connectivity index (χ2n) is 6.26. The molecule has 1 atom stereocenters. The van der Waals surface area contributed by atoms with Crippen molar-refractivity contribution in [1.29, 1.82) is 0 Å². The van der Waals surface area contributed by atoms with E-state index >= 15 is 0 Å². The molecule has 0 unspecified atom stereocenters. The van der Waals surface area contributed by atoms with Gasteiger partial charge in [0.05, 0.1) is 10.9 Å². The highest BCUT2D eigenvalue weighted by molar-refractivity contribution is 7.18. The van der Waals surface area contributed by atoms with E-state index in [1.54, 1.807) is 19.1 Å². The largest absolute Gasteiger partial charge is 0.451 e. The number of ether oxygens (including phenoxy) is 1. The lowest BCUT2D eigenvalue weighted by molar-refractivity contribution is 0.0320. The Balaban J connectivity index is 1.89. The van der Waals surface area contributed by atoms with Crippen LogP contribution >= 0.6 is 11.3 Å². The van der Waals surface area contributed by atoms with Crippen molar-refractivity contribution in [3.05, 3.63) is 61.5 Å². The van der Waals surface area contributed by atoms with Crippen LogP contribution in [0.2, 0.25) is 0 Å². The van der Waals surface area contributed by atoms with Crippen LogP contribution in [-0.2, 0) is 4.74 Å². The van der Waals surface area contributed by atoms with Gasteiger partial charge in [-0.15, -0.1) is 11.3 Å². The van der Waals surface area contributed by atoms with Gasteiger partial charge in [-0.3, -0.25) is 4.79 Å². The molecule has 0 fully saturated rings. The number of nitrogens with zero attached hydrogens (tertiary/aromatic N) is 1. The Morgan fingerprint density at radius 2 is 1.92 bits per heavy atom. The molecule has 130 valence electrons. The zero-order chi connectivity index (χ0) is 18.3. The standard InChI is InChI=1S/C19H20N2O3S/c1-9-6-7-14(8-10(9)2)19(23)24-12(4)16-20-17(22)15-11(3)13(5)25-18(15)21-16/h6-8,12H,1-5H3,(H,20,21,22)/t12-/m1/s1. The van der Waals surface area contributed by atoms with Crippen LogP contribution in [0.15, 0.2) is 23.0 Å². The van der Waals surface area contributed by atoms with E-state index in [1.807, 2.05) is 33.8 Å². The van der Waals surface area contributed by atoms with Gasteiger partial charge in [0.2, 0.25) is 0 Å². The van der Waals surface area contributed by atoms with E-state index < -0.39 is 12.1 Å². The predicted octanol–water partition coefficient (Wildman–Crippen LogP) is 4.14. The number of thiophene rings is 1. The summed E-state index contributed by atoms with van der Waals surface area (Å²) in [6, 6.07) is 5.43. The first-order valence-electron chi connectivity index (χ1n) is 8.06. The molecule has 6 heteroatoms. The van der Waals surface area contributed by atoms with Crippen LogP contribution in [0.4, 0.5) is 0 Å². The summed E-state index contributed by atoms with van der Waals surface area (Å²) in [5.41, 5.74) is 3.38. The molecule has 0 aliphatic carbocycles. The van der Waals surface area contributed by atoms with Crippen LogP contribution in [0.3, 0.4) is 0 Å². The number of carbonyl (C=O) groups excluding carboxylic acids is 1. The molecule has 1 N–H and O–H groups in total. The fourth-order valence-corrected chi connectivity index (χ4v) is 3.65. The number of carbonyl (C=O) groups is 1. The normalized spacial score (nSPS) is 12.4. The minimum absolute atomic E-state index is 0.198. The van der Waals surface area contributed by atoms with Gasteiger partial charge >= 0.3 is 5.97 Å². The van der Waals surface area contributed by atoms with Gasteiger partial charge in [0.25, 0.3) is 5.56 Å². The molecule has 25 heavy (non-hydrogen) atoms. The molecule has 0 saturated carbocycles. The van der Waals surface area contributed by atoms with Gasteiger partial charge in [-0.25, -0.2) is 9.78 Å². The molecule has 0 aliphatic heterocycles. The molecule has 5 nitrogen and oxygen atoms in total. The molecule has 3 aromatic rings. The number of hydrogen-bond donors (Lipinski definition) is 1. The average molecular weight is 356 g/mol. The maximum Gasteiger partial charge on any atom is 0.338 e. The highest BCUT2D eigenvalue weighted by atomic mass is 32.1. The SMILES string of the molecule is Cc1ccc(C(=O)O[C@H](C)c2nc3sc(C)c(C)c3c(=O)[nH]2)cc1C. The maximum absolute atomic E-state index is 12.4. The summed E-state index contributed by atoms with van der Waals surface area (Å²) in [4.78, 5) is 33.7. The number of nitrogens with one attached hydrogen (secondary N) is 1. The third kappa shape index (κ3) is 3.22. The topological polar surface area (TPSA) is 72.0 Å². The van der Waals surface area contributed by atoms with E-state index in [1.165, 1.54) is 11.3 Å². The molecule has 0 amide bonds. The first-order chi connectivity index (χ1) is 11.8. The van der Waals surface area contributed by atoms with Gasteiger partial charge in [0, 0.05) is 4.88 Å². The zero-order valence-corrected chi connectivity index (χ0v) is 15.7. The lowest BCUT2D eigenvalue weighted by Crippen LogP contribution is -2.17. The second-order valence-corrected chi connectivity index (χ2v) is 7.46. The van der Waals surface area contributed by atoms with E-state index in [0.29, 0.717) is 21.6 Å². The molecule has 0 radical (unpaired) electrons. The smallest absolute Gasteiger partial charge is 0.338 e. The highest BCUT2D eigenvalue weighted by Gasteiger charge is 2.19. The molecule has 2 heterocycles. The Bertz CT molecular complexity index is 1030. The molecule has 0 bridgehead atoms. The van der Waals surface area contributed by atoms with E-state index in [2.05, 4.69) is 9.97 Å². The third-order valence-corrected chi connectivity index (χ3v) is 5.57. The first-order valence-corrected chi connectivity index (χ1v) is 8.87. The van der Waals surface area contributed by atoms with Gasteiger partial charge in [-0.05, 0) is 63.4 Å². The minimum Gasteiger partial charge on any atom is -0.451 e. The number of aromatic nitrogens is 2. The number of aryl methyl sites for hydroxylation is 4. The fraction of sp³-hybridized carbons (Fsp3) is 0.316. The number of rotatable bonds is 3. The zero-order valence-electron chi connectivity index (χ0n) is 14.9. The van der Waals surface area contributed by atoms with Crippen LogP contribution in [0.1, 0.15) is 50.8 Å². The molecular formula is C19H20N2O3S. The van der Waals surface area contributed by atoms with Gasteiger partial charge in [0.1, 0.15) is 4.83 Å². The first kappa shape index (κ1) is 17.4. The quantitative estimate of drug-likeness (QED) is 0.716. The van der Waals surface area contributed by atoms with Crippen LogP contribution < -0.4 is 5.56 Å². The van der Waals surface area contributed by atoms with Gasteiger partial charge in [0.15, 0.2) is 11.9 Å². The Morgan fingerprint density at radius 3 is 2.60 bits per heavy atom. The van der Waals surface area contributed by atoms with Crippen molar-refractivity contribution in [2.75, 3.05) is 0 Å². The Morgan fingerprint density at radius 1 is 1.20 bits per heavy atom. The molecule has 1 aromatic carbocycles. The van der Waals surface area contributed by atoms with Crippen LogP contribution in [0.25, 0.3) is 10.2 Å². The van der Waals surface area contributed by atoms with Crippen molar-refractivity contribution in [3.63, 3.8) is 0 Å². The van der Waals surface area contributed by atoms with E-state index in [0.717, 1.165) is 21.6 Å². The number of benzene rings is 1. The molecule has 0 saturated heterocycles. The summed E-state index contributed by atoms with van der Waals surface area (Å²) in [5.74, 6) is -0.0761. The highest BCUT2D eigenvalue weighted by Crippen LogP contribution is 2.27. The van der Waals surface area contributed by atoms with Crippen LogP contribution in [0, 0.1) is 27.7 Å². The van der Waals surface area contributed by atoms with Gasteiger partial charge in [-0.2, -0.15) is 0 Å². The molecule has 0 aliphatic rings. The number of fused-ring (bicyclic) bond motifs is 1. The lowest BCUT2D eigenvalue weighted by atomic mass is 10.1. The van der Waals surface area contributed by atoms with Crippen molar-refractivity contribution in [3.8, 4) is 0 Å². The van der Waals surface area contributed by atoms with E-state index in [4.69, 9.17) is 4.74 Å². The van der Waals surface area contributed by atoms with Gasteiger partial charge < -0.3 is 9.72 Å². The Labute approximate surface area is 149 Å². The summed E-state index contributed by atoms with van der Waals surface area (Å²) in [5, 5.41) is 0.610. The van der Waals surface area contributed by atoms with Crippen LogP contribution in [-0.4, -0.2) is 15.9 Å². The van der Waals surface area contributed by atoms with Crippen molar-refractivity contribution >= 4 is 27.5 Å². The van der Waals surface area contributed by atoms with Crippen molar-refractivity contribution in [2.45, 2.75) is 40.7 Å². The summed E-state index contributed by atoms with van der Waals surface area (Å²) >= 11 is 1.47. The fourth-order valence-electron chi connectivity index (χ4n) is 2.62. The maximum atomic E-state index is 12.4. The number of esters is 1. The Hall–Kier alpha value is -2.47. The van der Waals surface area contributed by atoms with Crippen molar-refractivity contribution in [1.82, 2.24) is 9.97 Å². The van der Waals surface area contributed by atoms with Crippen LogP contribution in [0.5, 0.6) is 0 Å². The summed E-state index contributed by atoms with van der Waals surface area (Å²) in [7, 11) is 0. The average Bonchev–Trinajstić information content (AvgIpc) is 2.84. The third-order valence-electron chi connectivity index (χ3n) is 4.47. The van der Waals surface area contributed by atoms with Gasteiger partial charge in [-0.1, -0.05) is 6.07 Å². The Kier molecular flexibility index (Phi) is 4.47. The monoisotopic (exact) mass is 356 g/mol. The summed E-state index contributed by atoms with van der Waals surface area (Å²) in [6.07, 6.45) is -0.645. The number of hydrogen-bond acceptors (Lipinski definition) is 5. The van der Waals surface area contributed by atoms with Crippen molar-refractivity contribution in [2.24, 2.45) is 0 Å². The summed E-state index contributed by atoms with van der Waals surface area (Å²) in [6.45, 7) is 9.51. The molecule has 3 rings (SSSR count). The molecule has 0 spiro atoms. The van der Waals surface area contributed by atoms with E-state index in [-0.39, 0.29) is 5.56 Å². The lowest BCUT2D eigenvalue weighted by Gasteiger charge is -2.13. The minimum atomic E-state index is -0.645. The number of H-pyrrole nitrogens is 1.